The molecule has 3 rings (SSSR count). The molecule has 0 aliphatic heterocycles. The number of aromatic nitrogens is 3. The molecule has 0 atom stereocenters. The Hall–Kier alpha value is -1.92. The van der Waals surface area contributed by atoms with Gasteiger partial charge in [-0.05, 0) is 19.1 Å². The Labute approximate surface area is 114 Å². The minimum absolute atomic E-state index is 0.360. The number of nitrogens with zero attached hydrogens (tertiary/aromatic N) is 3. The minimum atomic E-state index is 0.360. The van der Waals surface area contributed by atoms with E-state index in [1.807, 2.05) is 16.5 Å². The molecule has 0 saturated heterocycles. The van der Waals surface area contributed by atoms with Crippen LogP contribution in [0.15, 0.2) is 23.6 Å². The zero-order valence-electron chi connectivity index (χ0n) is 10.8. The molecule has 98 valence electrons. The molecule has 2 N–H and O–H groups in total. The van der Waals surface area contributed by atoms with Crippen LogP contribution in [0.2, 0.25) is 0 Å². The van der Waals surface area contributed by atoms with Crippen LogP contribution >= 0.6 is 11.3 Å². The van der Waals surface area contributed by atoms with Crippen LogP contribution in [0.25, 0.3) is 16.2 Å². The van der Waals surface area contributed by atoms with E-state index in [0.717, 1.165) is 27.8 Å². The largest absolute Gasteiger partial charge is 0.496 e. The van der Waals surface area contributed by atoms with E-state index < -0.39 is 0 Å². The Bertz CT molecular complexity index is 731. The lowest BCUT2D eigenvalue weighted by Gasteiger charge is -2.09. The Kier molecular flexibility index (Phi) is 2.96. The second-order valence-electron chi connectivity index (χ2n) is 4.26. The molecule has 5 nitrogen and oxygen atoms in total. The van der Waals surface area contributed by atoms with Gasteiger partial charge in [-0.2, -0.15) is 0 Å². The summed E-state index contributed by atoms with van der Waals surface area (Å²) in [6.07, 6.45) is 0. The molecule has 0 amide bonds. The molecule has 0 fully saturated rings. The van der Waals surface area contributed by atoms with Gasteiger partial charge in [0.05, 0.1) is 19.3 Å². The van der Waals surface area contributed by atoms with Crippen LogP contribution < -0.4 is 10.5 Å². The summed E-state index contributed by atoms with van der Waals surface area (Å²) < 4.78 is 7.43. The third-order valence-electron chi connectivity index (χ3n) is 3.03. The molecule has 0 bridgehead atoms. The molecule has 2 aromatic heterocycles. The number of nitrogens with two attached hydrogens (primary N) is 1. The van der Waals surface area contributed by atoms with E-state index in [-0.39, 0.29) is 0 Å². The average molecular weight is 274 g/mol. The van der Waals surface area contributed by atoms with Crippen molar-refractivity contribution in [3.63, 3.8) is 0 Å². The van der Waals surface area contributed by atoms with E-state index in [4.69, 9.17) is 10.5 Å². The molecule has 6 heteroatoms. The predicted molar refractivity (Wildman–Crippen MR) is 75.5 cm³/mol. The van der Waals surface area contributed by atoms with Crippen molar-refractivity contribution in [2.45, 2.75) is 13.5 Å². The number of ether oxygens (including phenoxy) is 1. The number of benzene rings is 1. The fourth-order valence-electron chi connectivity index (χ4n) is 2.12. The topological polar surface area (TPSA) is 65.4 Å². The van der Waals surface area contributed by atoms with Gasteiger partial charge >= 0.3 is 0 Å². The fourth-order valence-corrected chi connectivity index (χ4v) is 2.96. The maximum atomic E-state index is 5.72. The molecule has 0 aliphatic carbocycles. The van der Waals surface area contributed by atoms with Crippen LogP contribution in [-0.2, 0) is 6.54 Å². The van der Waals surface area contributed by atoms with Crippen molar-refractivity contribution in [3.8, 4) is 17.0 Å². The molecular weight excluding hydrogens is 260 g/mol. The molecule has 1 aromatic carbocycles. The highest BCUT2D eigenvalue weighted by Gasteiger charge is 2.15. The van der Waals surface area contributed by atoms with E-state index in [1.54, 1.807) is 18.4 Å². The molecule has 3 aromatic rings. The molecular formula is C13H14N4OS. The number of methoxy groups -OCH3 is 1. The first-order valence-electron chi connectivity index (χ1n) is 5.91. The zero-order valence-corrected chi connectivity index (χ0v) is 11.6. The van der Waals surface area contributed by atoms with Crippen molar-refractivity contribution in [1.29, 1.82) is 0 Å². The SMILES string of the molecule is COc1ccc(C)cc1-c1csc2nnc(CN)n12. The van der Waals surface area contributed by atoms with Crippen molar-refractivity contribution in [3.05, 3.63) is 35.0 Å². The lowest BCUT2D eigenvalue weighted by molar-refractivity contribution is 0.416. The number of thiazole rings is 1. The second kappa shape index (κ2) is 4.64. The highest BCUT2D eigenvalue weighted by molar-refractivity contribution is 7.15. The summed E-state index contributed by atoms with van der Waals surface area (Å²) in [6.45, 7) is 2.42. The van der Waals surface area contributed by atoms with Gasteiger partial charge < -0.3 is 10.5 Å². The number of rotatable bonds is 3. The third kappa shape index (κ3) is 1.89. The zero-order chi connectivity index (χ0) is 13.4. The van der Waals surface area contributed by atoms with Crippen molar-refractivity contribution in [1.82, 2.24) is 14.6 Å². The van der Waals surface area contributed by atoms with Gasteiger partial charge in [-0.15, -0.1) is 21.5 Å². The first kappa shape index (κ1) is 12.1. The Morgan fingerprint density at radius 1 is 1.37 bits per heavy atom. The normalized spacial score (nSPS) is 11.1. The van der Waals surface area contributed by atoms with Crippen LogP contribution in [-0.4, -0.2) is 21.7 Å². The van der Waals surface area contributed by atoms with Gasteiger partial charge in [0.2, 0.25) is 4.96 Å². The van der Waals surface area contributed by atoms with Crippen LogP contribution in [0.1, 0.15) is 11.4 Å². The maximum absolute atomic E-state index is 5.72. The van der Waals surface area contributed by atoms with Crippen LogP contribution in [0, 0.1) is 6.92 Å². The van der Waals surface area contributed by atoms with E-state index in [9.17, 15) is 0 Å². The molecule has 0 saturated carbocycles. The van der Waals surface area contributed by atoms with E-state index in [0.29, 0.717) is 6.54 Å². The van der Waals surface area contributed by atoms with Gasteiger partial charge in [0.15, 0.2) is 5.82 Å². The summed E-state index contributed by atoms with van der Waals surface area (Å²) in [5.41, 5.74) is 8.95. The van der Waals surface area contributed by atoms with E-state index in [1.165, 1.54) is 5.56 Å². The first-order chi connectivity index (χ1) is 9.24. The lowest BCUT2D eigenvalue weighted by atomic mass is 10.1. The Morgan fingerprint density at radius 2 is 2.21 bits per heavy atom. The molecule has 0 spiro atoms. The number of aryl methyl sites for hydroxylation is 1. The van der Waals surface area contributed by atoms with E-state index in [2.05, 4.69) is 28.6 Å². The summed E-state index contributed by atoms with van der Waals surface area (Å²) in [7, 11) is 1.67. The van der Waals surface area contributed by atoms with Crippen LogP contribution in [0.5, 0.6) is 5.75 Å². The molecule has 0 unspecified atom stereocenters. The lowest BCUT2D eigenvalue weighted by Crippen LogP contribution is -2.03. The van der Waals surface area contributed by atoms with Crippen LogP contribution in [0.3, 0.4) is 0 Å². The van der Waals surface area contributed by atoms with Gasteiger partial charge in [-0.3, -0.25) is 4.40 Å². The van der Waals surface area contributed by atoms with Crippen molar-refractivity contribution >= 4 is 16.3 Å². The summed E-state index contributed by atoms with van der Waals surface area (Å²) in [5, 5.41) is 10.3. The predicted octanol–water partition coefficient (Wildman–Crippen LogP) is 2.23. The van der Waals surface area contributed by atoms with Gasteiger partial charge in [0.1, 0.15) is 5.75 Å². The van der Waals surface area contributed by atoms with Crippen molar-refractivity contribution in [2.24, 2.45) is 5.73 Å². The highest BCUT2D eigenvalue weighted by Crippen LogP contribution is 2.34. The van der Waals surface area contributed by atoms with Crippen molar-refractivity contribution in [2.75, 3.05) is 7.11 Å². The van der Waals surface area contributed by atoms with Gasteiger partial charge in [-0.1, -0.05) is 11.6 Å². The highest BCUT2D eigenvalue weighted by atomic mass is 32.1. The van der Waals surface area contributed by atoms with Crippen LogP contribution in [0.4, 0.5) is 0 Å². The minimum Gasteiger partial charge on any atom is -0.496 e. The summed E-state index contributed by atoms with van der Waals surface area (Å²) in [4.78, 5) is 0.846. The maximum Gasteiger partial charge on any atom is 0.216 e. The third-order valence-corrected chi connectivity index (χ3v) is 3.85. The second-order valence-corrected chi connectivity index (χ2v) is 5.10. The molecule has 2 heterocycles. The fraction of sp³-hybridized carbons (Fsp3) is 0.231. The van der Waals surface area contributed by atoms with E-state index >= 15 is 0 Å². The van der Waals surface area contributed by atoms with Crippen molar-refractivity contribution < 1.29 is 4.74 Å². The number of hydrogen-bond donors (Lipinski definition) is 1. The molecule has 19 heavy (non-hydrogen) atoms. The standard InChI is InChI=1S/C13H14N4OS/c1-8-3-4-11(18-2)9(5-8)10-7-19-13-16-15-12(6-14)17(10)13/h3-5,7H,6,14H2,1-2H3. The Balaban J connectivity index is 2.29. The monoisotopic (exact) mass is 274 g/mol. The number of hydrogen-bond acceptors (Lipinski definition) is 5. The quantitative estimate of drug-likeness (QED) is 0.795. The number of fused-ring (bicyclic) bond motifs is 1. The summed E-state index contributed by atoms with van der Waals surface area (Å²) in [5.74, 6) is 1.59. The summed E-state index contributed by atoms with van der Waals surface area (Å²) in [6, 6.07) is 6.10. The Morgan fingerprint density at radius 3 is 2.95 bits per heavy atom. The molecule has 0 aliphatic rings. The van der Waals surface area contributed by atoms with Gasteiger partial charge in [0.25, 0.3) is 0 Å². The smallest absolute Gasteiger partial charge is 0.216 e. The summed E-state index contributed by atoms with van der Waals surface area (Å²) >= 11 is 1.55. The first-order valence-corrected chi connectivity index (χ1v) is 6.79. The van der Waals surface area contributed by atoms with Gasteiger partial charge in [0, 0.05) is 10.9 Å². The average Bonchev–Trinajstić information content (AvgIpc) is 2.99. The van der Waals surface area contributed by atoms with Gasteiger partial charge in [-0.25, -0.2) is 0 Å². The molecule has 0 radical (unpaired) electrons.